The molecule has 2 aromatic rings. The molecule has 1 aliphatic heterocycles. The Hall–Kier alpha value is -3.01. The molecule has 2 aromatic carbocycles. The molecule has 1 heterocycles. The zero-order valence-corrected chi connectivity index (χ0v) is 26.8. The molecule has 0 spiro atoms. The van der Waals surface area contributed by atoms with E-state index in [1.165, 1.54) is 0 Å². The fourth-order valence-corrected chi connectivity index (χ4v) is 5.45. The Labute approximate surface area is 257 Å². The van der Waals surface area contributed by atoms with Crippen molar-refractivity contribution in [3.8, 4) is 23.0 Å². The van der Waals surface area contributed by atoms with Crippen LogP contribution < -0.4 is 30.0 Å². The molecule has 0 saturated heterocycles. The zero-order valence-electron chi connectivity index (χ0n) is 26.8. The van der Waals surface area contributed by atoms with Crippen LogP contribution in [0.3, 0.4) is 0 Å². The number of amides is 1. The second-order valence-corrected chi connectivity index (χ2v) is 12.1. The Morgan fingerprint density at radius 3 is 2.47 bits per heavy atom. The molecule has 0 aromatic heterocycles. The number of aliphatic hydroxyl groups excluding tert-OH is 1. The lowest BCUT2D eigenvalue weighted by molar-refractivity contribution is -0.127. The van der Waals surface area contributed by atoms with E-state index in [0.29, 0.717) is 74.7 Å². The van der Waals surface area contributed by atoms with Gasteiger partial charge in [-0.2, -0.15) is 0 Å². The second kappa shape index (κ2) is 17.3. The Morgan fingerprint density at radius 2 is 1.77 bits per heavy atom. The highest BCUT2D eigenvalue weighted by molar-refractivity contribution is 5.79. The standard InChI is InChI=1S/C34H52N2O7/c1-22(2)26(17-24-11-12-30(40-6)32(18-24)41-14-8-13-39-5)19-28(35)29(37)20-27(23(3)4)34(38)36-21-25-9-7-10-31-33(25)43-16-15-42-31/h7,9-12,18,22-23,26-29,37H,8,13-17,19-21,35H2,1-6H3,(H,36,38)/t26-,27-,28-,29-/m0/s1. The number of para-hydroxylation sites is 1. The summed E-state index contributed by atoms with van der Waals surface area (Å²) < 4.78 is 28.0. The number of carbonyl (C=O) groups is 1. The van der Waals surface area contributed by atoms with Gasteiger partial charge in [-0.3, -0.25) is 4.79 Å². The number of benzene rings is 2. The highest BCUT2D eigenvalue weighted by Gasteiger charge is 2.30. The quantitative estimate of drug-likeness (QED) is 0.210. The number of carbonyl (C=O) groups excluding carboxylic acids is 1. The fraction of sp³-hybridized carbons (Fsp3) is 0.618. The van der Waals surface area contributed by atoms with Crippen LogP contribution in [0, 0.1) is 23.7 Å². The van der Waals surface area contributed by atoms with E-state index in [-0.39, 0.29) is 23.7 Å². The molecule has 4 N–H and O–H groups in total. The van der Waals surface area contributed by atoms with E-state index in [4.69, 9.17) is 29.4 Å². The van der Waals surface area contributed by atoms with Crippen LogP contribution in [0.1, 0.15) is 58.1 Å². The Balaban J connectivity index is 1.59. The van der Waals surface area contributed by atoms with Crippen LogP contribution in [0.25, 0.3) is 0 Å². The van der Waals surface area contributed by atoms with Crippen molar-refractivity contribution in [1.29, 1.82) is 0 Å². The van der Waals surface area contributed by atoms with Crippen molar-refractivity contribution in [3.63, 3.8) is 0 Å². The van der Waals surface area contributed by atoms with Crippen molar-refractivity contribution in [3.05, 3.63) is 47.5 Å². The molecule has 0 fully saturated rings. The van der Waals surface area contributed by atoms with Gasteiger partial charge in [0.15, 0.2) is 23.0 Å². The molecular weight excluding hydrogens is 548 g/mol. The summed E-state index contributed by atoms with van der Waals surface area (Å²) >= 11 is 0. The smallest absolute Gasteiger partial charge is 0.223 e. The molecule has 0 unspecified atom stereocenters. The van der Waals surface area contributed by atoms with E-state index >= 15 is 0 Å². The van der Waals surface area contributed by atoms with Crippen LogP contribution >= 0.6 is 0 Å². The number of hydrogen-bond acceptors (Lipinski definition) is 8. The van der Waals surface area contributed by atoms with E-state index in [1.54, 1.807) is 14.2 Å². The lowest BCUT2D eigenvalue weighted by Gasteiger charge is -2.30. The molecule has 1 amide bonds. The van der Waals surface area contributed by atoms with Crippen LogP contribution in [0.15, 0.2) is 36.4 Å². The number of hydrogen-bond donors (Lipinski definition) is 3. The first-order valence-corrected chi connectivity index (χ1v) is 15.5. The van der Waals surface area contributed by atoms with Crippen molar-refractivity contribution in [1.82, 2.24) is 5.32 Å². The largest absolute Gasteiger partial charge is 0.493 e. The molecule has 4 atom stereocenters. The summed E-state index contributed by atoms with van der Waals surface area (Å²) in [5.41, 5.74) is 8.59. The third-order valence-corrected chi connectivity index (χ3v) is 8.23. The number of rotatable bonds is 18. The molecule has 1 aliphatic rings. The van der Waals surface area contributed by atoms with Crippen molar-refractivity contribution in [2.24, 2.45) is 29.4 Å². The molecule has 43 heavy (non-hydrogen) atoms. The van der Waals surface area contributed by atoms with Crippen LogP contribution in [-0.2, 0) is 22.5 Å². The summed E-state index contributed by atoms with van der Waals surface area (Å²) in [4.78, 5) is 13.3. The van der Waals surface area contributed by atoms with Crippen LogP contribution in [0.5, 0.6) is 23.0 Å². The summed E-state index contributed by atoms with van der Waals surface area (Å²) in [5.74, 6) is 2.91. The van der Waals surface area contributed by atoms with Gasteiger partial charge in [-0.25, -0.2) is 0 Å². The maximum absolute atomic E-state index is 13.3. The number of fused-ring (bicyclic) bond motifs is 1. The highest BCUT2D eigenvalue weighted by Crippen LogP contribution is 2.34. The molecule has 0 radical (unpaired) electrons. The molecular formula is C34H52N2O7. The summed E-state index contributed by atoms with van der Waals surface area (Å²) in [5, 5.41) is 14.2. The predicted molar refractivity (Wildman–Crippen MR) is 168 cm³/mol. The van der Waals surface area contributed by atoms with Crippen molar-refractivity contribution >= 4 is 5.91 Å². The second-order valence-electron chi connectivity index (χ2n) is 12.1. The van der Waals surface area contributed by atoms with E-state index in [2.05, 4.69) is 25.2 Å². The first kappa shape index (κ1) is 34.5. The molecule has 0 bridgehead atoms. The maximum atomic E-state index is 13.3. The van der Waals surface area contributed by atoms with Gasteiger partial charge in [0.2, 0.25) is 5.91 Å². The minimum absolute atomic E-state index is 0.0358. The third kappa shape index (κ3) is 10.3. The SMILES string of the molecule is COCCCOc1cc(C[C@@H](C[C@H](N)[C@@H](O)C[C@H](C(=O)NCc2cccc3c2OCCO3)C(C)C)C(C)C)ccc1OC. The summed E-state index contributed by atoms with van der Waals surface area (Å²) in [7, 11) is 3.31. The molecule has 0 saturated carbocycles. The molecule has 9 heteroatoms. The topological polar surface area (TPSA) is 122 Å². The monoisotopic (exact) mass is 600 g/mol. The summed E-state index contributed by atoms with van der Waals surface area (Å²) in [6.07, 6.45) is 1.70. The molecule has 3 rings (SSSR count). The molecule has 0 aliphatic carbocycles. The normalized spacial score (nSPS) is 15.6. The van der Waals surface area contributed by atoms with E-state index in [1.807, 2.05) is 44.2 Å². The average Bonchev–Trinajstić information content (AvgIpc) is 3.00. The fourth-order valence-electron chi connectivity index (χ4n) is 5.45. The molecule has 240 valence electrons. The van der Waals surface area contributed by atoms with Gasteiger partial charge in [0.05, 0.1) is 19.8 Å². The van der Waals surface area contributed by atoms with Gasteiger partial charge in [0.25, 0.3) is 0 Å². The number of nitrogens with one attached hydrogen (secondary N) is 1. The lowest BCUT2D eigenvalue weighted by atomic mass is 9.81. The van der Waals surface area contributed by atoms with Crippen LogP contribution in [-0.4, -0.2) is 63.8 Å². The van der Waals surface area contributed by atoms with Crippen molar-refractivity contribution in [2.75, 3.05) is 40.6 Å². The number of aliphatic hydroxyl groups is 1. The van der Waals surface area contributed by atoms with Crippen LogP contribution in [0.4, 0.5) is 0 Å². The Morgan fingerprint density at radius 1 is 1.00 bits per heavy atom. The lowest BCUT2D eigenvalue weighted by Crippen LogP contribution is -2.42. The van der Waals surface area contributed by atoms with Crippen molar-refractivity contribution in [2.45, 2.75) is 72.1 Å². The minimum atomic E-state index is -0.809. The van der Waals surface area contributed by atoms with Gasteiger partial charge in [-0.1, -0.05) is 45.9 Å². The van der Waals surface area contributed by atoms with Gasteiger partial charge in [-0.15, -0.1) is 0 Å². The van der Waals surface area contributed by atoms with Gasteiger partial charge >= 0.3 is 0 Å². The number of methoxy groups -OCH3 is 2. The maximum Gasteiger partial charge on any atom is 0.223 e. The van der Waals surface area contributed by atoms with E-state index < -0.39 is 12.1 Å². The van der Waals surface area contributed by atoms with Gasteiger partial charge in [0.1, 0.15) is 13.2 Å². The predicted octanol–water partition coefficient (Wildman–Crippen LogP) is 4.75. The Kier molecular flexibility index (Phi) is 13.9. The van der Waals surface area contributed by atoms with Gasteiger partial charge in [0, 0.05) is 44.2 Å². The zero-order chi connectivity index (χ0) is 31.4. The van der Waals surface area contributed by atoms with Crippen molar-refractivity contribution < 1.29 is 33.6 Å². The summed E-state index contributed by atoms with van der Waals surface area (Å²) in [6, 6.07) is 11.2. The Bertz CT molecular complexity index is 1140. The van der Waals surface area contributed by atoms with E-state index in [0.717, 1.165) is 24.0 Å². The highest BCUT2D eigenvalue weighted by atomic mass is 16.6. The van der Waals surface area contributed by atoms with Gasteiger partial charge < -0.3 is 39.8 Å². The van der Waals surface area contributed by atoms with E-state index in [9.17, 15) is 9.90 Å². The third-order valence-electron chi connectivity index (χ3n) is 8.23. The number of ether oxygens (including phenoxy) is 5. The first-order chi connectivity index (χ1) is 20.6. The first-order valence-electron chi connectivity index (χ1n) is 15.5. The summed E-state index contributed by atoms with van der Waals surface area (Å²) in [6.45, 7) is 10.8. The van der Waals surface area contributed by atoms with Gasteiger partial charge in [-0.05, 0) is 60.8 Å². The van der Waals surface area contributed by atoms with Crippen LogP contribution in [0.2, 0.25) is 0 Å². The average molecular weight is 601 g/mol. The number of nitrogens with two attached hydrogens (primary N) is 1. The minimum Gasteiger partial charge on any atom is -0.493 e. The molecule has 9 nitrogen and oxygen atoms in total.